The summed E-state index contributed by atoms with van der Waals surface area (Å²) in [5.41, 5.74) is 0.366. The van der Waals surface area contributed by atoms with Gasteiger partial charge in [-0.25, -0.2) is 4.79 Å². The SMILES string of the molecule is CCCCn1c(=C(C#N)C(=O)OCC)sc(=CN(C)c2ccc(O)cc2)c1=O. The van der Waals surface area contributed by atoms with Crippen LogP contribution in [-0.4, -0.2) is 29.3 Å². The van der Waals surface area contributed by atoms with E-state index in [1.165, 1.54) is 4.57 Å². The van der Waals surface area contributed by atoms with E-state index in [9.17, 15) is 20.0 Å². The molecule has 0 unspecified atom stereocenters. The van der Waals surface area contributed by atoms with Gasteiger partial charge in [-0.15, -0.1) is 11.3 Å². The second-order valence-corrected chi connectivity index (χ2v) is 7.08. The van der Waals surface area contributed by atoms with Crippen molar-refractivity contribution in [3.05, 3.63) is 43.8 Å². The molecule has 2 rings (SSSR count). The maximum atomic E-state index is 12.9. The van der Waals surface area contributed by atoms with Gasteiger partial charge in [0.2, 0.25) is 0 Å². The van der Waals surface area contributed by atoms with Gasteiger partial charge in [-0.1, -0.05) is 13.3 Å². The summed E-state index contributed by atoms with van der Waals surface area (Å²) in [6.45, 7) is 4.24. The van der Waals surface area contributed by atoms with Gasteiger partial charge in [0.25, 0.3) is 5.56 Å². The zero-order valence-corrected chi connectivity index (χ0v) is 17.0. The summed E-state index contributed by atoms with van der Waals surface area (Å²) in [5.74, 6) is -0.574. The molecule has 0 aliphatic heterocycles. The average molecular weight is 401 g/mol. The molecule has 7 nitrogen and oxygen atoms in total. The highest BCUT2D eigenvalue weighted by molar-refractivity contribution is 7.07. The molecule has 2 aromatic rings. The van der Waals surface area contributed by atoms with Gasteiger partial charge in [0.05, 0.1) is 6.61 Å². The lowest BCUT2D eigenvalue weighted by Crippen LogP contribution is -2.34. The molecule has 1 N–H and O–H groups in total. The van der Waals surface area contributed by atoms with Crippen molar-refractivity contribution in [2.24, 2.45) is 0 Å². The first-order valence-corrected chi connectivity index (χ1v) is 9.79. The summed E-state index contributed by atoms with van der Waals surface area (Å²) in [6, 6.07) is 8.45. The highest BCUT2D eigenvalue weighted by Crippen LogP contribution is 2.17. The Bertz CT molecular complexity index is 1050. The Labute approximate surface area is 167 Å². The summed E-state index contributed by atoms with van der Waals surface area (Å²) in [7, 11) is 1.78. The van der Waals surface area contributed by atoms with Crippen molar-refractivity contribution in [1.29, 1.82) is 5.26 Å². The molecule has 0 radical (unpaired) electrons. The molecule has 0 fully saturated rings. The molecule has 148 valence electrons. The predicted octanol–water partition coefficient (Wildman–Crippen LogP) is 1.53. The Balaban J connectivity index is 2.65. The molecular formula is C20H23N3O4S. The number of unbranched alkanes of at least 4 members (excludes halogenated alkanes) is 1. The fourth-order valence-electron chi connectivity index (χ4n) is 2.54. The number of nitrogens with zero attached hydrogens (tertiary/aromatic N) is 3. The molecule has 28 heavy (non-hydrogen) atoms. The minimum Gasteiger partial charge on any atom is -0.508 e. The second kappa shape index (κ2) is 9.76. The van der Waals surface area contributed by atoms with Crippen LogP contribution in [0.25, 0.3) is 11.8 Å². The molecule has 1 heterocycles. The number of phenolic OH excluding ortho intramolecular Hbond substituents is 1. The van der Waals surface area contributed by atoms with Crippen molar-refractivity contribution in [3.8, 4) is 11.8 Å². The first-order valence-electron chi connectivity index (χ1n) is 8.97. The van der Waals surface area contributed by atoms with Crippen LogP contribution in [0.1, 0.15) is 26.7 Å². The quantitative estimate of drug-likeness (QED) is 0.707. The Kier molecular flexibility index (Phi) is 7.41. The smallest absolute Gasteiger partial charge is 0.351 e. The fraction of sp³-hybridized carbons (Fsp3) is 0.350. The van der Waals surface area contributed by atoms with Crippen LogP contribution in [0.2, 0.25) is 0 Å². The minimum atomic E-state index is -0.727. The number of anilines is 1. The number of hydrogen-bond donors (Lipinski definition) is 1. The summed E-state index contributed by atoms with van der Waals surface area (Å²) in [5, 5.41) is 18.9. The topological polar surface area (TPSA) is 95.6 Å². The monoisotopic (exact) mass is 401 g/mol. The van der Waals surface area contributed by atoms with Gasteiger partial charge in [-0.05, 0) is 37.6 Å². The van der Waals surface area contributed by atoms with E-state index in [0.29, 0.717) is 15.7 Å². The molecule has 8 heteroatoms. The van der Waals surface area contributed by atoms with Gasteiger partial charge < -0.3 is 14.7 Å². The van der Waals surface area contributed by atoms with Crippen LogP contribution < -0.4 is 19.7 Å². The zero-order valence-electron chi connectivity index (χ0n) is 16.1. The van der Waals surface area contributed by atoms with Gasteiger partial charge in [0.1, 0.15) is 21.0 Å². The number of esters is 1. The highest BCUT2D eigenvalue weighted by Gasteiger charge is 2.17. The Morgan fingerprint density at radius 1 is 1.36 bits per heavy atom. The van der Waals surface area contributed by atoms with E-state index in [2.05, 4.69) is 0 Å². The van der Waals surface area contributed by atoms with Crippen LogP contribution in [0.4, 0.5) is 5.69 Å². The third kappa shape index (κ3) is 4.81. The minimum absolute atomic E-state index is 0.150. The maximum Gasteiger partial charge on any atom is 0.351 e. The number of ether oxygens (including phenoxy) is 1. The molecule has 1 aromatic carbocycles. The number of hydrogen-bond acceptors (Lipinski definition) is 7. The molecule has 0 atom stereocenters. The average Bonchev–Trinajstić information content (AvgIpc) is 2.97. The molecule has 1 aromatic heterocycles. The van der Waals surface area contributed by atoms with E-state index in [1.807, 2.05) is 13.0 Å². The molecule has 0 aliphatic rings. The van der Waals surface area contributed by atoms with E-state index in [0.717, 1.165) is 29.9 Å². The lowest BCUT2D eigenvalue weighted by molar-refractivity contribution is -0.136. The normalized spacial score (nSPS) is 12.4. The number of carbonyl (C=O) groups excluding carboxylic acids is 1. The molecule has 0 amide bonds. The summed E-state index contributed by atoms with van der Waals surface area (Å²) < 4.78 is 7.15. The van der Waals surface area contributed by atoms with Crippen molar-refractivity contribution in [2.75, 3.05) is 18.6 Å². The number of benzene rings is 1. The number of phenols is 1. The van der Waals surface area contributed by atoms with Gasteiger partial charge >= 0.3 is 5.97 Å². The number of aromatic nitrogens is 1. The zero-order chi connectivity index (χ0) is 20.7. The van der Waals surface area contributed by atoms with E-state index < -0.39 is 5.97 Å². The van der Waals surface area contributed by atoms with Crippen molar-refractivity contribution >= 4 is 34.8 Å². The molecular weight excluding hydrogens is 378 g/mol. The molecule has 0 saturated heterocycles. The van der Waals surface area contributed by atoms with Gasteiger partial charge in [0, 0.05) is 25.5 Å². The van der Waals surface area contributed by atoms with Gasteiger partial charge in [-0.3, -0.25) is 9.36 Å². The molecule has 0 aliphatic carbocycles. The maximum absolute atomic E-state index is 12.9. The number of aromatic hydroxyl groups is 1. The lowest BCUT2D eigenvalue weighted by atomic mass is 10.3. The van der Waals surface area contributed by atoms with Crippen LogP contribution >= 0.6 is 11.3 Å². The third-order valence-corrected chi connectivity index (χ3v) is 5.13. The second-order valence-electron chi connectivity index (χ2n) is 6.05. The van der Waals surface area contributed by atoms with Crippen LogP contribution in [0.3, 0.4) is 0 Å². The van der Waals surface area contributed by atoms with Crippen LogP contribution in [-0.2, 0) is 16.1 Å². The lowest BCUT2D eigenvalue weighted by Gasteiger charge is -2.13. The van der Waals surface area contributed by atoms with E-state index >= 15 is 0 Å². The molecule has 0 saturated carbocycles. The first kappa shape index (κ1) is 21.3. The Morgan fingerprint density at radius 2 is 2.04 bits per heavy atom. The Morgan fingerprint density at radius 3 is 2.61 bits per heavy atom. The highest BCUT2D eigenvalue weighted by atomic mass is 32.1. The van der Waals surface area contributed by atoms with Crippen LogP contribution in [0, 0.1) is 11.3 Å². The molecule has 0 spiro atoms. The Hall–Kier alpha value is -3.05. The first-order chi connectivity index (χ1) is 13.4. The van der Waals surface area contributed by atoms with Crippen molar-refractivity contribution in [1.82, 2.24) is 4.57 Å². The van der Waals surface area contributed by atoms with Crippen molar-refractivity contribution < 1.29 is 14.6 Å². The van der Waals surface area contributed by atoms with E-state index in [1.54, 1.807) is 49.3 Å². The van der Waals surface area contributed by atoms with Crippen LogP contribution in [0.15, 0.2) is 29.1 Å². The number of rotatable bonds is 7. The summed E-state index contributed by atoms with van der Waals surface area (Å²) in [4.78, 5) is 26.8. The number of nitriles is 1. The van der Waals surface area contributed by atoms with Crippen molar-refractivity contribution in [2.45, 2.75) is 33.2 Å². The molecule has 0 bridgehead atoms. The largest absolute Gasteiger partial charge is 0.508 e. The fourth-order valence-corrected chi connectivity index (χ4v) is 3.67. The van der Waals surface area contributed by atoms with Crippen molar-refractivity contribution in [3.63, 3.8) is 0 Å². The van der Waals surface area contributed by atoms with Gasteiger partial charge in [0.15, 0.2) is 5.57 Å². The van der Waals surface area contributed by atoms with Gasteiger partial charge in [-0.2, -0.15) is 5.26 Å². The van der Waals surface area contributed by atoms with E-state index in [4.69, 9.17) is 4.74 Å². The van der Waals surface area contributed by atoms with E-state index in [-0.39, 0.29) is 23.5 Å². The standard InChI is InChI=1S/C20H23N3O4S/c1-4-6-11-23-18(25)17(13-22(3)14-7-9-15(24)10-8-14)28-19(23)16(12-21)20(26)27-5-2/h7-10,13,24H,4-6,11H2,1-3H3. The predicted molar refractivity (Wildman–Crippen MR) is 109 cm³/mol. The third-order valence-electron chi connectivity index (χ3n) is 4.02. The van der Waals surface area contributed by atoms with Crippen LogP contribution in [0.5, 0.6) is 5.75 Å². The number of carbonyl (C=O) groups is 1. The number of thiazole rings is 1. The summed E-state index contributed by atoms with van der Waals surface area (Å²) in [6.07, 6.45) is 3.28. The summed E-state index contributed by atoms with van der Waals surface area (Å²) >= 11 is 1.09.